The minimum absolute atomic E-state index is 0.229. The first kappa shape index (κ1) is 12.4. The van der Waals surface area contributed by atoms with E-state index in [0.717, 1.165) is 6.26 Å². The fourth-order valence-electron chi connectivity index (χ4n) is 0.917. The lowest BCUT2D eigenvalue weighted by Crippen LogP contribution is -2.16. The molecule has 88 valence electrons. The molecular weight excluding hydrogens is 234 g/mol. The SMILES string of the molecule is CN(C)c1cc(C(=O)O)nc(S(C)(=O)=O)n1. The highest BCUT2D eigenvalue weighted by Gasteiger charge is 2.17. The van der Waals surface area contributed by atoms with E-state index in [1.807, 2.05) is 0 Å². The maximum absolute atomic E-state index is 11.2. The van der Waals surface area contributed by atoms with Gasteiger partial charge in [0.1, 0.15) is 5.82 Å². The first-order valence-electron chi connectivity index (χ1n) is 4.21. The maximum atomic E-state index is 11.2. The van der Waals surface area contributed by atoms with E-state index in [0.29, 0.717) is 0 Å². The molecule has 1 aromatic rings. The van der Waals surface area contributed by atoms with Gasteiger partial charge in [-0.2, -0.15) is 0 Å². The molecule has 7 nitrogen and oxygen atoms in total. The van der Waals surface area contributed by atoms with Gasteiger partial charge in [0, 0.05) is 26.4 Å². The number of anilines is 1. The third-order valence-electron chi connectivity index (χ3n) is 1.70. The summed E-state index contributed by atoms with van der Waals surface area (Å²) in [5.74, 6) is -1.07. The highest BCUT2D eigenvalue weighted by atomic mass is 32.2. The van der Waals surface area contributed by atoms with Crippen molar-refractivity contribution in [2.75, 3.05) is 25.3 Å². The fraction of sp³-hybridized carbons (Fsp3) is 0.375. The third-order valence-corrected chi connectivity index (χ3v) is 2.55. The average molecular weight is 245 g/mol. The predicted molar refractivity (Wildman–Crippen MR) is 56.4 cm³/mol. The smallest absolute Gasteiger partial charge is 0.354 e. The number of sulfone groups is 1. The van der Waals surface area contributed by atoms with Crippen LogP contribution in [0.2, 0.25) is 0 Å². The zero-order chi connectivity index (χ0) is 12.5. The van der Waals surface area contributed by atoms with E-state index in [9.17, 15) is 13.2 Å². The summed E-state index contributed by atoms with van der Waals surface area (Å²) < 4.78 is 22.5. The Kier molecular flexibility index (Phi) is 3.13. The molecule has 0 radical (unpaired) electrons. The minimum Gasteiger partial charge on any atom is -0.477 e. The normalized spacial score (nSPS) is 11.2. The van der Waals surface area contributed by atoms with Gasteiger partial charge in [-0.3, -0.25) is 0 Å². The molecule has 1 aromatic heterocycles. The molecular formula is C8H11N3O4S. The minimum atomic E-state index is -3.63. The molecule has 1 rings (SSSR count). The first-order valence-corrected chi connectivity index (χ1v) is 6.10. The van der Waals surface area contributed by atoms with Crippen LogP contribution in [0.25, 0.3) is 0 Å². The molecule has 0 bridgehead atoms. The van der Waals surface area contributed by atoms with Crippen LogP contribution in [-0.2, 0) is 9.84 Å². The zero-order valence-corrected chi connectivity index (χ0v) is 9.82. The van der Waals surface area contributed by atoms with Gasteiger partial charge in [0.15, 0.2) is 5.69 Å². The highest BCUT2D eigenvalue weighted by Crippen LogP contribution is 2.12. The predicted octanol–water partition coefficient (Wildman–Crippen LogP) is -0.356. The van der Waals surface area contributed by atoms with Crippen LogP contribution in [0.4, 0.5) is 5.82 Å². The summed E-state index contributed by atoms with van der Waals surface area (Å²) in [6.45, 7) is 0. The van der Waals surface area contributed by atoms with Gasteiger partial charge < -0.3 is 10.0 Å². The monoisotopic (exact) mass is 245 g/mol. The number of aromatic nitrogens is 2. The van der Waals surface area contributed by atoms with E-state index in [2.05, 4.69) is 9.97 Å². The van der Waals surface area contributed by atoms with E-state index >= 15 is 0 Å². The van der Waals surface area contributed by atoms with Crippen LogP contribution in [0.3, 0.4) is 0 Å². The standard InChI is InChI=1S/C8H11N3O4S/c1-11(2)6-4-5(7(12)13)9-8(10-6)16(3,14)15/h4H,1-3H3,(H,12,13). The van der Waals surface area contributed by atoms with Crippen molar-refractivity contribution in [3.8, 4) is 0 Å². The van der Waals surface area contributed by atoms with Gasteiger partial charge in [-0.25, -0.2) is 23.2 Å². The molecule has 0 aromatic carbocycles. The number of nitrogens with zero attached hydrogens (tertiary/aromatic N) is 3. The summed E-state index contributed by atoms with van der Waals surface area (Å²) in [7, 11) is -0.377. The van der Waals surface area contributed by atoms with E-state index in [4.69, 9.17) is 5.11 Å². The molecule has 0 aliphatic carbocycles. The average Bonchev–Trinajstić information content (AvgIpc) is 2.15. The van der Waals surface area contributed by atoms with Gasteiger partial charge in [0.25, 0.3) is 0 Å². The van der Waals surface area contributed by atoms with Gasteiger partial charge in [0.05, 0.1) is 0 Å². The Morgan fingerprint density at radius 2 is 1.94 bits per heavy atom. The number of rotatable bonds is 3. The van der Waals surface area contributed by atoms with Crippen molar-refractivity contribution in [1.82, 2.24) is 9.97 Å². The summed E-state index contributed by atoms with van der Waals surface area (Å²) in [5.41, 5.74) is -0.348. The van der Waals surface area contributed by atoms with E-state index in [1.54, 1.807) is 14.1 Å². The van der Waals surface area contributed by atoms with Crippen LogP contribution >= 0.6 is 0 Å². The van der Waals surface area contributed by atoms with E-state index < -0.39 is 21.0 Å². The van der Waals surface area contributed by atoms with Crippen molar-refractivity contribution in [3.63, 3.8) is 0 Å². The van der Waals surface area contributed by atoms with Crippen LogP contribution in [-0.4, -0.2) is 49.8 Å². The molecule has 0 amide bonds. The third kappa shape index (κ3) is 2.66. The van der Waals surface area contributed by atoms with Crippen molar-refractivity contribution in [1.29, 1.82) is 0 Å². The summed E-state index contributed by atoms with van der Waals surface area (Å²) in [6.07, 6.45) is 0.924. The first-order chi connectivity index (χ1) is 7.21. The van der Waals surface area contributed by atoms with Crippen molar-refractivity contribution in [3.05, 3.63) is 11.8 Å². The number of carbonyl (C=O) groups is 1. The molecule has 0 spiro atoms. The lowest BCUT2D eigenvalue weighted by Gasteiger charge is -2.12. The topological polar surface area (TPSA) is 100 Å². The zero-order valence-electron chi connectivity index (χ0n) is 9.00. The molecule has 0 fully saturated rings. The van der Waals surface area contributed by atoms with Crippen molar-refractivity contribution < 1.29 is 18.3 Å². The molecule has 0 saturated carbocycles. The summed E-state index contributed by atoms with van der Waals surface area (Å²) in [5, 5.41) is 8.29. The molecule has 0 aliphatic rings. The quantitative estimate of drug-likeness (QED) is 0.726. The largest absolute Gasteiger partial charge is 0.477 e. The van der Waals surface area contributed by atoms with Crippen LogP contribution in [0.15, 0.2) is 11.2 Å². The molecule has 1 heterocycles. The highest BCUT2D eigenvalue weighted by molar-refractivity contribution is 7.90. The second-order valence-electron chi connectivity index (χ2n) is 3.37. The lowest BCUT2D eigenvalue weighted by atomic mass is 10.4. The number of carboxylic acids is 1. The molecule has 16 heavy (non-hydrogen) atoms. The summed E-state index contributed by atoms with van der Waals surface area (Å²) in [4.78, 5) is 19.5. The lowest BCUT2D eigenvalue weighted by molar-refractivity contribution is 0.0689. The van der Waals surface area contributed by atoms with Gasteiger partial charge in [-0.15, -0.1) is 0 Å². The molecule has 0 unspecified atom stereocenters. The molecule has 0 aliphatic heterocycles. The van der Waals surface area contributed by atoms with Gasteiger partial charge in [0.2, 0.25) is 15.0 Å². The summed E-state index contributed by atoms with van der Waals surface area (Å²) >= 11 is 0. The van der Waals surface area contributed by atoms with Crippen molar-refractivity contribution in [2.24, 2.45) is 0 Å². The van der Waals surface area contributed by atoms with Crippen molar-refractivity contribution >= 4 is 21.6 Å². The Balaban J connectivity index is 3.48. The second kappa shape index (κ2) is 4.05. The van der Waals surface area contributed by atoms with Crippen LogP contribution in [0.1, 0.15) is 10.5 Å². The number of aromatic carboxylic acids is 1. The fourth-order valence-corrected chi connectivity index (χ4v) is 1.44. The second-order valence-corrected chi connectivity index (χ2v) is 5.28. The Bertz CT molecular complexity index is 524. The van der Waals surface area contributed by atoms with Crippen LogP contribution in [0, 0.1) is 0 Å². The van der Waals surface area contributed by atoms with Gasteiger partial charge in [-0.05, 0) is 0 Å². The molecule has 1 N–H and O–H groups in total. The number of hydrogen-bond donors (Lipinski definition) is 1. The summed E-state index contributed by atoms with van der Waals surface area (Å²) in [6, 6.07) is 1.21. The Labute approximate surface area is 92.7 Å². The van der Waals surface area contributed by atoms with Crippen LogP contribution in [0.5, 0.6) is 0 Å². The molecule has 8 heteroatoms. The van der Waals surface area contributed by atoms with Gasteiger partial charge >= 0.3 is 5.97 Å². The van der Waals surface area contributed by atoms with E-state index in [-0.39, 0.29) is 11.5 Å². The maximum Gasteiger partial charge on any atom is 0.354 e. The van der Waals surface area contributed by atoms with Gasteiger partial charge in [-0.1, -0.05) is 0 Å². The van der Waals surface area contributed by atoms with E-state index in [1.165, 1.54) is 11.0 Å². The van der Waals surface area contributed by atoms with Crippen LogP contribution < -0.4 is 4.90 Å². The molecule has 0 saturated heterocycles. The Morgan fingerprint density at radius 1 is 1.38 bits per heavy atom. The number of carboxylic acid groups (broad SMARTS) is 1. The number of hydrogen-bond acceptors (Lipinski definition) is 6. The Hall–Kier alpha value is -1.70. The van der Waals surface area contributed by atoms with Crippen molar-refractivity contribution in [2.45, 2.75) is 5.16 Å². The Morgan fingerprint density at radius 3 is 2.31 bits per heavy atom. The molecule has 0 atom stereocenters.